The topological polar surface area (TPSA) is 71.1 Å². The van der Waals surface area contributed by atoms with E-state index >= 15 is 0 Å². The van der Waals surface area contributed by atoms with E-state index in [4.69, 9.17) is 9.47 Å². The number of nitrogens with one attached hydrogen (secondary N) is 1. The summed E-state index contributed by atoms with van der Waals surface area (Å²) in [4.78, 5) is 27.4. The van der Waals surface area contributed by atoms with E-state index < -0.39 is 0 Å². The van der Waals surface area contributed by atoms with Crippen molar-refractivity contribution in [1.82, 2.24) is 15.1 Å². The average Bonchev–Trinajstić information content (AvgIpc) is 3.10. The van der Waals surface area contributed by atoms with Crippen molar-refractivity contribution in [3.8, 4) is 11.5 Å². The minimum atomic E-state index is -0.220. The third-order valence-corrected chi connectivity index (χ3v) is 4.35. The lowest BCUT2D eigenvalue weighted by Gasteiger charge is -2.39. The number of hydrogen-bond donors (Lipinski definition) is 1. The minimum Gasteiger partial charge on any atom is -0.493 e. The molecule has 2 aliphatic rings. The zero-order chi connectivity index (χ0) is 16.9. The van der Waals surface area contributed by atoms with Crippen molar-refractivity contribution in [2.75, 3.05) is 39.8 Å². The maximum Gasteiger partial charge on any atom is 0.318 e. The van der Waals surface area contributed by atoms with Gasteiger partial charge in [-0.3, -0.25) is 4.79 Å². The van der Waals surface area contributed by atoms with E-state index in [1.165, 1.54) is 0 Å². The van der Waals surface area contributed by atoms with Gasteiger partial charge < -0.3 is 24.6 Å². The van der Waals surface area contributed by atoms with Gasteiger partial charge in [-0.2, -0.15) is 0 Å². The Bertz CT molecular complexity index is 595. The van der Waals surface area contributed by atoms with Crippen LogP contribution in [0.3, 0.4) is 0 Å². The third kappa shape index (κ3) is 3.72. The molecule has 0 bridgehead atoms. The van der Waals surface area contributed by atoms with Crippen LogP contribution in [-0.2, 0) is 4.79 Å². The summed E-state index contributed by atoms with van der Waals surface area (Å²) in [7, 11) is 1.60. The molecular formula is C17H23N3O4. The van der Waals surface area contributed by atoms with Crippen molar-refractivity contribution >= 4 is 11.9 Å². The number of urea groups is 1. The summed E-state index contributed by atoms with van der Waals surface area (Å²) >= 11 is 0. The van der Waals surface area contributed by atoms with Gasteiger partial charge in [0.05, 0.1) is 26.7 Å². The summed E-state index contributed by atoms with van der Waals surface area (Å²) < 4.78 is 11.1. The Hall–Kier alpha value is -2.44. The van der Waals surface area contributed by atoms with E-state index in [2.05, 4.69) is 5.32 Å². The Kier molecular flexibility index (Phi) is 5.08. The van der Waals surface area contributed by atoms with Gasteiger partial charge in [-0.1, -0.05) is 12.1 Å². The largest absolute Gasteiger partial charge is 0.493 e. The molecule has 3 rings (SSSR count). The lowest BCUT2D eigenvalue weighted by Crippen LogP contribution is -2.59. The van der Waals surface area contributed by atoms with Gasteiger partial charge in [-0.15, -0.1) is 0 Å². The number of likely N-dealkylation sites (tertiary alicyclic amines) is 2. The zero-order valence-corrected chi connectivity index (χ0v) is 13.9. The summed E-state index contributed by atoms with van der Waals surface area (Å²) in [6.07, 6.45) is 2.04. The van der Waals surface area contributed by atoms with E-state index in [9.17, 15) is 9.59 Å². The lowest BCUT2D eigenvalue weighted by atomic mass is 10.2. The molecule has 0 radical (unpaired) electrons. The monoisotopic (exact) mass is 333 g/mol. The number of benzene rings is 1. The summed E-state index contributed by atoms with van der Waals surface area (Å²) in [6.45, 7) is 2.66. The molecule has 7 nitrogen and oxygen atoms in total. The maximum absolute atomic E-state index is 12.0. The van der Waals surface area contributed by atoms with Gasteiger partial charge in [0, 0.05) is 13.1 Å². The molecule has 3 amide bonds. The van der Waals surface area contributed by atoms with Crippen molar-refractivity contribution in [3.05, 3.63) is 24.3 Å². The van der Waals surface area contributed by atoms with E-state index in [1.807, 2.05) is 24.3 Å². The fourth-order valence-electron chi connectivity index (χ4n) is 2.92. The second kappa shape index (κ2) is 7.42. The highest BCUT2D eigenvalue weighted by Crippen LogP contribution is 2.28. The van der Waals surface area contributed by atoms with Crippen molar-refractivity contribution in [2.45, 2.75) is 18.9 Å². The molecule has 1 aromatic carbocycles. The highest BCUT2D eigenvalue weighted by atomic mass is 16.5. The Morgan fingerprint density at radius 2 is 1.79 bits per heavy atom. The molecule has 0 aromatic heterocycles. The number of nitrogens with zero attached hydrogens (tertiary/aromatic N) is 2. The lowest BCUT2D eigenvalue weighted by molar-refractivity contribution is -0.129. The number of amides is 3. The van der Waals surface area contributed by atoms with Crippen LogP contribution in [0.5, 0.6) is 11.5 Å². The van der Waals surface area contributed by atoms with Crippen LogP contribution in [0.1, 0.15) is 12.8 Å². The van der Waals surface area contributed by atoms with Crippen LogP contribution in [0.4, 0.5) is 4.79 Å². The van der Waals surface area contributed by atoms with Crippen LogP contribution in [0.25, 0.3) is 0 Å². The quantitative estimate of drug-likeness (QED) is 0.876. The van der Waals surface area contributed by atoms with Crippen molar-refractivity contribution in [1.29, 1.82) is 0 Å². The van der Waals surface area contributed by atoms with Gasteiger partial charge in [-0.25, -0.2) is 4.79 Å². The molecule has 2 saturated heterocycles. The van der Waals surface area contributed by atoms with Gasteiger partial charge in [0.15, 0.2) is 11.5 Å². The van der Waals surface area contributed by atoms with E-state index in [0.29, 0.717) is 24.6 Å². The van der Waals surface area contributed by atoms with Crippen LogP contribution in [0, 0.1) is 0 Å². The van der Waals surface area contributed by atoms with Crippen LogP contribution in [0.15, 0.2) is 24.3 Å². The third-order valence-electron chi connectivity index (χ3n) is 4.35. The number of methoxy groups -OCH3 is 1. The second-order valence-electron chi connectivity index (χ2n) is 6.04. The fraction of sp³-hybridized carbons (Fsp3) is 0.529. The smallest absolute Gasteiger partial charge is 0.318 e. The van der Waals surface area contributed by atoms with Crippen LogP contribution < -0.4 is 14.8 Å². The molecule has 2 fully saturated rings. The molecule has 0 spiro atoms. The predicted octanol–water partition coefficient (Wildman–Crippen LogP) is 1.09. The number of carbonyl (C=O) groups excluding carboxylic acids is 2. The number of rotatable bonds is 5. The summed E-state index contributed by atoms with van der Waals surface area (Å²) in [6, 6.07) is 7.22. The van der Waals surface area contributed by atoms with Crippen LogP contribution in [0.2, 0.25) is 0 Å². The predicted molar refractivity (Wildman–Crippen MR) is 88.2 cm³/mol. The SMILES string of the molecule is COc1ccccc1OC1CN(C(=O)NCC(=O)N2CCCC2)C1. The number of para-hydroxylation sites is 2. The van der Waals surface area contributed by atoms with Crippen LogP contribution in [-0.4, -0.2) is 67.7 Å². The van der Waals surface area contributed by atoms with E-state index in [1.54, 1.807) is 16.9 Å². The highest BCUT2D eigenvalue weighted by Gasteiger charge is 2.33. The van der Waals surface area contributed by atoms with Gasteiger partial charge in [-0.05, 0) is 25.0 Å². The molecule has 24 heavy (non-hydrogen) atoms. The standard InChI is InChI=1S/C17H23N3O4/c1-23-14-6-2-3-7-15(14)24-13-11-20(12-13)17(22)18-10-16(21)19-8-4-5-9-19/h2-3,6-7,13H,4-5,8-12H2,1H3,(H,18,22). The van der Waals surface area contributed by atoms with Crippen molar-refractivity contribution in [3.63, 3.8) is 0 Å². The van der Waals surface area contributed by atoms with E-state index in [-0.39, 0.29) is 24.6 Å². The molecule has 2 aliphatic heterocycles. The molecule has 0 atom stereocenters. The van der Waals surface area contributed by atoms with Crippen molar-refractivity contribution < 1.29 is 19.1 Å². The van der Waals surface area contributed by atoms with Crippen LogP contribution >= 0.6 is 0 Å². The normalized spacial score (nSPS) is 17.4. The average molecular weight is 333 g/mol. The molecule has 2 heterocycles. The molecule has 7 heteroatoms. The van der Waals surface area contributed by atoms with Crippen molar-refractivity contribution in [2.24, 2.45) is 0 Å². The molecule has 0 aliphatic carbocycles. The molecule has 1 N–H and O–H groups in total. The van der Waals surface area contributed by atoms with E-state index in [0.717, 1.165) is 25.9 Å². The number of hydrogen-bond acceptors (Lipinski definition) is 4. The number of ether oxygens (including phenoxy) is 2. The molecule has 0 unspecified atom stereocenters. The Labute approximate surface area is 141 Å². The second-order valence-corrected chi connectivity index (χ2v) is 6.04. The first-order valence-corrected chi connectivity index (χ1v) is 8.27. The number of carbonyl (C=O) groups is 2. The van der Waals surface area contributed by atoms with Gasteiger partial charge >= 0.3 is 6.03 Å². The Morgan fingerprint density at radius 3 is 2.46 bits per heavy atom. The first-order chi connectivity index (χ1) is 11.7. The first kappa shape index (κ1) is 16.4. The Balaban J connectivity index is 1.39. The zero-order valence-electron chi connectivity index (χ0n) is 13.9. The first-order valence-electron chi connectivity index (χ1n) is 8.27. The van der Waals surface area contributed by atoms with Gasteiger partial charge in [0.1, 0.15) is 6.10 Å². The molecule has 1 aromatic rings. The maximum atomic E-state index is 12.0. The fourth-order valence-corrected chi connectivity index (χ4v) is 2.92. The molecule has 130 valence electrons. The van der Waals surface area contributed by atoms with Gasteiger partial charge in [0.2, 0.25) is 5.91 Å². The minimum absolute atomic E-state index is 0.0109. The highest BCUT2D eigenvalue weighted by molar-refractivity contribution is 5.84. The Morgan fingerprint density at radius 1 is 1.12 bits per heavy atom. The summed E-state index contributed by atoms with van der Waals surface area (Å²) in [5, 5.41) is 2.68. The van der Waals surface area contributed by atoms with Gasteiger partial charge in [0.25, 0.3) is 0 Å². The summed E-state index contributed by atoms with van der Waals surface area (Å²) in [5.74, 6) is 1.34. The molecule has 0 saturated carbocycles. The molecular weight excluding hydrogens is 310 g/mol. The summed E-state index contributed by atoms with van der Waals surface area (Å²) in [5.41, 5.74) is 0.